The van der Waals surface area contributed by atoms with Crippen LogP contribution in [0.15, 0.2) is 49.2 Å². The number of pyridine rings is 1. The third-order valence-corrected chi connectivity index (χ3v) is 3.62. The molecular weight excluding hydrogens is 345 g/mol. The largest absolute Gasteiger partial charge is 0.454 e. The van der Waals surface area contributed by atoms with E-state index < -0.39 is 5.82 Å². The summed E-state index contributed by atoms with van der Waals surface area (Å²) < 4.78 is 19.2. The van der Waals surface area contributed by atoms with Crippen LogP contribution in [-0.4, -0.2) is 20.7 Å². The number of ether oxygens (including phenoxy) is 1. The van der Waals surface area contributed by atoms with Crippen LogP contribution in [0.4, 0.5) is 4.39 Å². The summed E-state index contributed by atoms with van der Waals surface area (Å²) in [6.45, 7) is 1.61. The number of nitrogens with zero attached hydrogens (tertiary/aromatic N) is 3. The summed E-state index contributed by atoms with van der Waals surface area (Å²) in [5.74, 6) is 0.170. The van der Waals surface area contributed by atoms with Crippen LogP contribution in [0.25, 0.3) is 0 Å². The summed E-state index contributed by atoms with van der Waals surface area (Å²) in [6, 6.07) is 5.93. The van der Waals surface area contributed by atoms with E-state index in [0.29, 0.717) is 33.3 Å². The molecule has 0 saturated heterocycles. The summed E-state index contributed by atoms with van der Waals surface area (Å²) in [7, 11) is 0. The number of rotatable bonds is 5. The van der Waals surface area contributed by atoms with Crippen LogP contribution in [0.2, 0.25) is 5.02 Å². The van der Waals surface area contributed by atoms with E-state index >= 15 is 0 Å². The summed E-state index contributed by atoms with van der Waals surface area (Å²) >= 11 is 6.07. The van der Waals surface area contributed by atoms with Gasteiger partial charge in [0.25, 0.3) is 0 Å². The molecule has 1 aromatic carbocycles. The van der Waals surface area contributed by atoms with Gasteiger partial charge in [-0.25, -0.2) is 14.4 Å². The Balaban J connectivity index is 1.81. The molecule has 0 bridgehead atoms. The molecule has 0 fully saturated rings. The van der Waals surface area contributed by atoms with Crippen LogP contribution in [-0.2, 0) is 6.42 Å². The van der Waals surface area contributed by atoms with E-state index in [1.165, 1.54) is 37.1 Å². The molecule has 0 amide bonds. The van der Waals surface area contributed by atoms with Crippen LogP contribution >= 0.6 is 11.6 Å². The van der Waals surface area contributed by atoms with Gasteiger partial charge in [0.2, 0.25) is 0 Å². The molecule has 3 rings (SSSR count). The van der Waals surface area contributed by atoms with E-state index in [1.807, 2.05) is 0 Å². The fraction of sp³-hybridized carbons (Fsp3) is 0.111. The maximum absolute atomic E-state index is 13.6. The Bertz CT molecular complexity index is 919. The van der Waals surface area contributed by atoms with Crippen LogP contribution in [0.5, 0.6) is 11.5 Å². The lowest BCUT2D eigenvalue weighted by Crippen LogP contribution is -2.06. The normalized spacial score (nSPS) is 10.5. The average molecular weight is 358 g/mol. The van der Waals surface area contributed by atoms with Gasteiger partial charge in [-0.05, 0) is 31.2 Å². The van der Waals surface area contributed by atoms with Crippen LogP contribution in [0, 0.1) is 12.7 Å². The zero-order valence-corrected chi connectivity index (χ0v) is 14.0. The fourth-order valence-electron chi connectivity index (χ4n) is 2.16. The Morgan fingerprint density at radius 2 is 1.88 bits per heavy atom. The van der Waals surface area contributed by atoms with Crippen LogP contribution < -0.4 is 4.74 Å². The van der Waals surface area contributed by atoms with Gasteiger partial charge in [-0.1, -0.05) is 11.6 Å². The molecule has 25 heavy (non-hydrogen) atoms. The Labute approximate surface area is 148 Å². The molecule has 0 N–H and O–H groups in total. The Kier molecular flexibility index (Phi) is 5.00. The highest BCUT2D eigenvalue weighted by Gasteiger charge is 2.12. The third-order valence-electron chi connectivity index (χ3n) is 3.40. The minimum Gasteiger partial charge on any atom is -0.454 e. The minimum atomic E-state index is -0.392. The molecule has 0 saturated carbocycles. The number of aromatic nitrogens is 3. The second kappa shape index (κ2) is 7.36. The molecular formula is C18H13ClFN3O2. The molecule has 0 radical (unpaired) electrons. The van der Waals surface area contributed by atoms with Crippen molar-refractivity contribution in [3.05, 3.63) is 76.8 Å². The van der Waals surface area contributed by atoms with Crippen molar-refractivity contribution in [2.45, 2.75) is 13.3 Å². The monoisotopic (exact) mass is 357 g/mol. The van der Waals surface area contributed by atoms with Gasteiger partial charge in [-0.3, -0.25) is 9.78 Å². The number of Topliss-reactive ketones (excluding diaryl/α,β-unsaturated/α-hetero) is 1. The SMILES string of the molecule is Cc1cnc(CC(=O)c2cc(Cl)cc(Oc3cncnc3)c2)cc1F. The molecule has 0 aliphatic rings. The lowest BCUT2D eigenvalue weighted by molar-refractivity contribution is 0.0991. The van der Waals surface area contributed by atoms with E-state index in [0.717, 1.165) is 0 Å². The summed E-state index contributed by atoms with van der Waals surface area (Å²) in [6.07, 6.45) is 5.74. The molecule has 0 spiro atoms. The molecule has 0 atom stereocenters. The van der Waals surface area contributed by atoms with E-state index in [9.17, 15) is 9.18 Å². The molecule has 126 valence electrons. The lowest BCUT2D eigenvalue weighted by atomic mass is 10.1. The van der Waals surface area contributed by atoms with Crippen LogP contribution in [0.1, 0.15) is 21.6 Å². The summed E-state index contributed by atoms with van der Waals surface area (Å²) in [5.41, 5.74) is 1.13. The van der Waals surface area contributed by atoms with Crippen molar-refractivity contribution in [3.8, 4) is 11.5 Å². The highest BCUT2D eigenvalue weighted by atomic mass is 35.5. The van der Waals surface area contributed by atoms with Gasteiger partial charge in [-0.15, -0.1) is 0 Å². The minimum absolute atomic E-state index is 0.0363. The van der Waals surface area contributed by atoms with Crippen molar-refractivity contribution in [2.24, 2.45) is 0 Å². The predicted octanol–water partition coefficient (Wildman–Crippen LogP) is 4.19. The van der Waals surface area contributed by atoms with Crippen LogP contribution in [0.3, 0.4) is 0 Å². The van der Waals surface area contributed by atoms with Gasteiger partial charge in [0.15, 0.2) is 11.5 Å². The van der Waals surface area contributed by atoms with Crippen molar-refractivity contribution in [1.29, 1.82) is 0 Å². The van der Waals surface area contributed by atoms with Crippen molar-refractivity contribution in [1.82, 2.24) is 15.0 Å². The van der Waals surface area contributed by atoms with Gasteiger partial charge < -0.3 is 4.74 Å². The maximum Gasteiger partial charge on any atom is 0.169 e. The Hall–Kier alpha value is -2.86. The van der Waals surface area contributed by atoms with Gasteiger partial charge in [-0.2, -0.15) is 0 Å². The quantitative estimate of drug-likeness (QED) is 0.640. The highest BCUT2D eigenvalue weighted by Crippen LogP contribution is 2.26. The smallest absolute Gasteiger partial charge is 0.169 e. The van der Waals surface area contributed by atoms with E-state index in [1.54, 1.807) is 19.1 Å². The van der Waals surface area contributed by atoms with Gasteiger partial charge >= 0.3 is 0 Å². The molecule has 0 aliphatic heterocycles. The number of halogens is 2. The topological polar surface area (TPSA) is 65.0 Å². The number of hydrogen-bond donors (Lipinski definition) is 0. The molecule has 2 aromatic heterocycles. The molecule has 0 unspecified atom stereocenters. The lowest BCUT2D eigenvalue weighted by Gasteiger charge is -2.08. The molecule has 0 aliphatic carbocycles. The van der Waals surface area contributed by atoms with Gasteiger partial charge in [0.05, 0.1) is 24.5 Å². The first-order chi connectivity index (χ1) is 12.0. The standard InChI is InChI=1S/C18H13ClFN3O2/c1-11-7-23-14(5-17(11)20)6-18(24)12-2-13(19)4-15(3-12)25-16-8-21-10-22-9-16/h2-5,7-10H,6H2,1H3. The number of carbonyl (C=O) groups is 1. The first kappa shape index (κ1) is 17.0. The van der Waals surface area contributed by atoms with Gasteiger partial charge in [0, 0.05) is 22.3 Å². The first-order valence-corrected chi connectivity index (χ1v) is 7.77. The number of benzene rings is 1. The van der Waals surface area contributed by atoms with E-state index in [-0.39, 0.29) is 12.2 Å². The Morgan fingerprint density at radius 3 is 2.60 bits per heavy atom. The van der Waals surface area contributed by atoms with Gasteiger partial charge in [0.1, 0.15) is 17.9 Å². The molecule has 3 aromatic rings. The van der Waals surface area contributed by atoms with E-state index in [2.05, 4.69) is 15.0 Å². The highest BCUT2D eigenvalue weighted by molar-refractivity contribution is 6.31. The molecule has 7 heteroatoms. The average Bonchev–Trinajstić information content (AvgIpc) is 2.58. The zero-order valence-electron chi connectivity index (χ0n) is 13.2. The summed E-state index contributed by atoms with van der Waals surface area (Å²) in [5, 5.41) is 0.348. The van der Waals surface area contributed by atoms with Crippen molar-refractivity contribution in [2.75, 3.05) is 0 Å². The Morgan fingerprint density at radius 1 is 1.12 bits per heavy atom. The number of hydrogen-bond acceptors (Lipinski definition) is 5. The molecule has 5 nitrogen and oxygen atoms in total. The number of aryl methyl sites for hydroxylation is 1. The third kappa shape index (κ3) is 4.36. The first-order valence-electron chi connectivity index (χ1n) is 7.39. The number of ketones is 1. The summed E-state index contributed by atoms with van der Waals surface area (Å²) in [4.78, 5) is 24.2. The fourth-order valence-corrected chi connectivity index (χ4v) is 2.38. The second-order valence-electron chi connectivity index (χ2n) is 5.38. The zero-order chi connectivity index (χ0) is 17.8. The van der Waals surface area contributed by atoms with Crippen molar-refractivity contribution >= 4 is 17.4 Å². The van der Waals surface area contributed by atoms with E-state index in [4.69, 9.17) is 16.3 Å². The number of carbonyl (C=O) groups excluding carboxylic acids is 1. The van der Waals surface area contributed by atoms with Crippen molar-refractivity contribution < 1.29 is 13.9 Å². The second-order valence-corrected chi connectivity index (χ2v) is 5.81. The van der Waals surface area contributed by atoms with Crippen molar-refractivity contribution in [3.63, 3.8) is 0 Å². The predicted molar refractivity (Wildman–Crippen MR) is 90.5 cm³/mol. The molecule has 2 heterocycles. The maximum atomic E-state index is 13.6.